The van der Waals surface area contributed by atoms with Crippen molar-refractivity contribution in [1.82, 2.24) is 0 Å². The molecule has 5 heteroatoms. The normalized spacial score (nSPS) is 11.8. The third-order valence-corrected chi connectivity index (χ3v) is 4.39. The summed E-state index contributed by atoms with van der Waals surface area (Å²) < 4.78 is 6.08. The predicted octanol–water partition coefficient (Wildman–Crippen LogP) is 3.96. The van der Waals surface area contributed by atoms with Crippen molar-refractivity contribution in [1.29, 1.82) is 0 Å². The first-order chi connectivity index (χ1) is 11.7. The van der Waals surface area contributed by atoms with Crippen molar-refractivity contribution >= 4 is 21.9 Å². The Morgan fingerprint density at radius 3 is 1.40 bits per heavy atom. The van der Waals surface area contributed by atoms with E-state index >= 15 is 0 Å². The molecule has 0 atom stereocenters. The minimum atomic E-state index is -0.499. The van der Waals surface area contributed by atoms with Gasteiger partial charge in [-0.3, -0.25) is 9.59 Å². The summed E-state index contributed by atoms with van der Waals surface area (Å²) >= 11 is 0. The Morgan fingerprint density at radius 1 is 0.720 bits per heavy atom. The highest BCUT2D eigenvalue weighted by atomic mass is 16.3. The van der Waals surface area contributed by atoms with Gasteiger partial charge < -0.3 is 14.6 Å². The summed E-state index contributed by atoms with van der Waals surface area (Å²) in [5.41, 5.74) is 1.28. The van der Waals surface area contributed by atoms with Gasteiger partial charge in [0.25, 0.3) is 0 Å². The van der Waals surface area contributed by atoms with Gasteiger partial charge in [0.2, 0.25) is 10.9 Å². The van der Waals surface area contributed by atoms with Crippen molar-refractivity contribution in [2.75, 3.05) is 0 Å². The molecule has 0 bridgehead atoms. The van der Waals surface area contributed by atoms with E-state index in [9.17, 15) is 19.8 Å². The Hall–Kier alpha value is -2.82. The minimum absolute atomic E-state index is 0.0116. The van der Waals surface area contributed by atoms with Crippen LogP contribution in [0.1, 0.15) is 50.7 Å². The number of hydrogen-bond donors (Lipinski definition) is 2. The van der Waals surface area contributed by atoms with Crippen molar-refractivity contribution in [3.63, 3.8) is 0 Å². The molecule has 0 unspecified atom stereocenters. The molecule has 0 spiro atoms. The summed E-state index contributed by atoms with van der Waals surface area (Å²) in [5.74, 6) is -0.831. The Bertz CT molecular complexity index is 1020. The molecule has 0 amide bonds. The maximum atomic E-state index is 12.1. The second-order valence-electron chi connectivity index (χ2n) is 6.88. The average Bonchev–Trinajstić information content (AvgIpc) is 2.72. The lowest BCUT2D eigenvalue weighted by molar-refractivity contribution is 0.470. The number of fused-ring (bicyclic) bond motifs is 3. The van der Waals surface area contributed by atoms with Gasteiger partial charge in [-0.15, -0.1) is 0 Å². The fourth-order valence-electron chi connectivity index (χ4n) is 3.01. The fraction of sp³-hybridized carbons (Fsp3) is 0.300. The molecule has 3 aromatic rings. The summed E-state index contributed by atoms with van der Waals surface area (Å²) in [7, 11) is 0. The van der Waals surface area contributed by atoms with Crippen LogP contribution >= 0.6 is 0 Å². The predicted molar refractivity (Wildman–Crippen MR) is 97.8 cm³/mol. The van der Waals surface area contributed by atoms with Crippen LogP contribution in [-0.4, -0.2) is 10.2 Å². The first-order valence-corrected chi connectivity index (χ1v) is 8.21. The molecule has 0 aliphatic heterocycles. The first kappa shape index (κ1) is 17.0. The van der Waals surface area contributed by atoms with E-state index in [0.29, 0.717) is 33.1 Å². The number of furan rings is 1. The van der Waals surface area contributed by atoms with Gasteiger partial charge in [-0.1, -0.05) is 27.7 Å². The van der Waals surface area contributed by atoms with Crippen LogP contribution in [0.4, 0.5) is 0 Å². The highest BCUT2D eigenvalue weighted by Crippen LogP contribution is 2.37. The molecule has 0 saturated carbocycles. The molecule has 5 nitrogen and oxygen atoms in total. The molecule has 1 heterocycles. The number of rotatable bonds is 2. The van der Waals surface area contributed by atoms with Gasteiger partial charge in [0.05, 0.1) is 0 Å². The molecule has 0 aliphatic rings. The third kappa shape index (κ3) is 2.76. The molecule has 0 radical (unpaired) electrons. The largest absolute Gasteiger partial charge is 0.504 e. The van der Waals surface area contributed by atoms with Crippen molar-refractivity contribution < 1.29 is 14.6 Å². The third-order valence-electron chi connectivity index (χ3n) is 4.39. The fourth-order valence-corrected chi connectivity index (χ4v) is 3.01. The van der Waals surface area contributed by atoms with E-state index in [1.165, 1.54) is 24.3 Å². The van der Waals surface area contributed by atoms with Crippen molar-refractivity contribution in [2.24, 2.45) is 0 Å². The van der Waals surface area contributed by atoms with Gasteiger partial charge in [0, 0.05) is 21.9 Å². The maximum absolute atomic E-state index is 12.1. The lowest BCUT2D eigenvalue weighted by Gasteiger charge is -2.03. The zero-order valence-corrected chi connectivity index (χ0v) is 14.6. The first-order valence-electron chi connectivity index (χ1n) is 8.21. The van der Waals surface area contributed by atoms with Crippen LogP contribution in [0.15, 0.2) is 38.3 Å². The highest BCUT2D eigenvalue weighted by molar-refractivity contribution is 6.07. The average molecular weight is 340 g/mol. The Labute approximate surface area is 144 Å². The zero-order valence-electron chi connectivity index (χ0n) is 14.6. The van der Waals surface area contributed by atoms with Gasteiger partial charge in [-0.2, -0.15) is 0 Å². The lowest BCUT2D eigenvalue weighted by Crippen LogP contribution is -1.97. The summed E-state index contributed by atoms with van der Waals surface area (Å²) in [6.07, 6.45) is 0. The van der Waals surface area contributed by atoms with Gasteiger partial charge in [0.15, 0.2) is 11.5 Å². The van der Waals surface area contributed by atoms with Crippen LogP contribution in [0.25, 0.3) is 21.9 Å². The van der Waals surface area contributed by atoms with E-state index < -0.39 is 22.4 Å². The van der Waals surface area contributed by atoms with Crippen LogP contribution in [0.3, 0.4) is 0 Å². The SMILES string of the molecule is CC(C)c1cc(=O)c(O)cc2c1oc1c(C(C)C)cc(=O)c(O)cc12. The van der Waals surface area contributed by atoms with Crippen molar-refractivity contribution in [3.05, 3.63) is 55.8 Å². The van der Waals surface area contributed by atoms with E-state index in [1.54, 1.807) is 0 Å². The number of aromatic hydroxyl groups is 2. The molecular weight excluding hydrogens is 320 g/mol. The molecule has 2 N–H and O–H groups in total. The standard InChI is InChI=1S/C20H20O5/c1-9(2)11-5-15(21)17(23)7-13-14-8-18(24)16(22)6-12(10(3)4)20(14)25-19(11)13/h5-10H,1-4H3,(H,21,23)(H,22,24). The van der Waals surface area contributed by atoms with E-state index in [4.69, 9.17) is 4.42 Å². The molecule has 0 aliphatic carbocycles. The molecule has 1 aromatic heterocycles. The van der Waals surface area contributed by atoms with E-state index in [-0.39, 0.29) is 11.8 Å². The van der Waals surface area contributed by atoms with Gasteiger partial charge in [0.1, 0.15) is 11.2 Å². The summed E-state index contributed by atoms with van der Waals surface area (Å²) in [6.45, 7) is 7.70. The molecule has 0 fully saturated rings. The molecule has 3 rings (SSSR count). The summed E-state index contributed by atoms with van der Waals surface area (Å²) in [5, 5.41) is 21.1. The van der Waals surface area contributed by atoms with Gasteiger partial charge in [-0.25, -0.2) is 0 Å². The van der Waals surface area contributed by atoms with Crippen LogP contribution < -0.4 is 10.9 Å². The van der Waals surface area contributed by atoms with Crippen molar-refractivity contribution in [2.45, 2.75) is 39.5 Å². The van der Waals surface area contributed by atoms with E-state index in [0.717, 1.165) is 0 Å². The Morgan fingerprint density at radius 2 is 1.08 bits per heavy atom. The van der Waals surface area contributed by atoms with Gasteiger partial charge >= 0.3 is 0 Å². The quantitative estimate of drug-likeness (QED) is 0.737. The summed E-state index contributed by atoms with van der Waals surface area (Å²) in [6, 6.07) is 5.42. The lowest BCUT2D eigenvalue weighted by atomic mass is 10.0. The van der Waals surface area contributed by atoms with E-state index in [1.807, 2.05) is 27.7 Å². The number of hydrogen-bond acceptors (Lipinski definition) is 5. The topological polar surface area (TPSA) is 87.7 Å². The Balaban J connectivity index is 2.69. The minimum Gasteiger partial charge on any atom is -0.504 e. The zero-order chi connectivity index (χ0) is 18.5. The van der Waals surface area contributed by atoms with Gasteiger partial charge in [-0.05, 0) is 36.1 Å². The summed E-state index contributed by atoms with van der Waals surface area (Å²) in [4.78, 5) is 24.1. The smallest absolute Gasteiger partial charge is 0.220 e. The van der Waals surface area contributed by atoms with Crippen molar-refractivity contribution in [3.8, 4) is 11.5 Å². The Kier molecular flexibility index (Phi) is 4.03. The molecule has 130 valence electrons. The molecule has 2 aromatic carbocycles. The monoisotopic (exact) mass is 340 g/mol. The second kappa shape index (κ2) is 5.92. The maximum Gasteiger partial charge on any atom is 0.220 e. The van der Waals surface area contributed by atoms with Crippen LogP contribution in [-0.2, 0) is 0 Å². The van der Waals surface area contributed by atoms with Crippen LogP contribution in [0.5, 0.6) is 11.5 Å². The van der Waals surface area contributed by atoms with Crippen LogP contribution in [0, 0.1) is 0 Å². The van der Waals surface area contributed by atoms with E-state index in [2.05, 4.69) is 0 Å². The molecule has 0 saturated heterocycles. The second-order valence-corrected chi connectivity index (χ2v) is 6.88. The molecular formula is C20H20O5. The highest BCUT2D eigenvalue weighted by Gasteiger charge is 2.18. The molecule has 25 heavy (non-hydrogen) atoms. The van der Waals surface area contributed by atoms with Crippen LogP contribution in [0.2, 0.25) is 0 Å².